The Morgan fingerprint density at radius 1 is 1.28 bits per heavy atom. The highest BCUT2D eigenvalue weighted by Crippen LogP contribution is 2.47. The van der Waals surface area contributed by atoms with Crippen molar-refractivity contribution in [2.75, 3.05) is 18.6 Å². The second-order valence-corrected chi connectivity index (χ2v) is 7.33. The van der Waals surface area contributed by atoms with Crippen LogP contribution < -0.4 is 9.64 Å². The number of methoxy groups -OCH3 is 1. The number of ether oxygens (including phenoxy) is 1. The average molecular weight is 456 g/mol. The normalized spacial score (nSPS) is 20.2. The standard InChI is InChI=1S/C17H18N4O4.C2HF3O2/c1-9(21-8-11(5-19-21)17(23)24)13-6-18-15(4-14(13)25-2)20-7-10-3-12(10)16(20)22;3-2(4,5)1(6)7/h4-6,8-10,12H,3,7H2,1-2H3,(H,23,24);(H,6,7)/t9?,10-,12-;/m1./s1. The minimum Gasteiger partial charge on any atom is -0.496 e. The number of hydrogen-bond donors (Lipinski definition) is 2. The highest BCUT2D eigenvalue weighted by atomic mass is 19.4. The second kappa shape index (κ2) is 8.48. The number of carboxylic acids is 2. The minimum absolute atomic E-state index is 0.122. The zero-order chi connectivity index (χ0) is 23.8. The summed E-state index contributed by atoms with van der Waals surface area (Å²) in [6, 6.07) is 1.50. The topological polar surface area (TPSA) is 135 Å². The number of nitrogens with zero attached hydrogens (tertiary/aromatic N) is 4. The molecule has 4 rings (SSSR count). The lowest BCUT2D eigenvalue weighted by atomic mass is 10.1. The predicted octanol–water partition coefficient (Wildman–Crippen LogP) is 2.21. The van der Waals surface area contributed by atoms with Crippen LogP contribution >= 0.6 is 0 Å². The second-order valence-electron chi connectivity index (χ2n) is 7.33. The van der Waals surface area contributed by atoms with E-state index in [1.54, 1.807) is 29.0 Å². The van der Waals surface area contributed by atoms with Crippen molar-refractivity contribution in [2.45, 2.75) is 25.6 Å². The van der Waals surface area contributed by atoms with Gasteiger partial charge in [-0.25, -0.2) is 14.6 Å². The first-order valence-electron chi connectivity index (χ1n) is 9.36. The molecule has 2 aromatic heterocycles. The fourth-order valence-electron chi connectivity index (χ4n) is 3.36. The van der Waals surface area contributed by atoms with Gasteiger partial charge in [-0.15, -0.1) is 0 Å². The van der Waals surface area contributed by atoms with Crippen LogP contribution in [-0.4, -0.2) is 62.7 Å². The summed E-state index contributed by atoms with van der Waals surface area (Å²) in [6.45, 7) is 2.60. The van der Waals surface area contributed by atoms with E-state index in [-0.39, 0.29) is 23.4 Å². The van der Waals surface area contributed by atoms with E-state index in [0.717, 1.165) is 18.5 Å². The van der Waals surface area contributed by atoms with Gasteiger partial charge in [-0.05, 0) is 19.3 Å². The van der Waals surface area contributed by atoms with Gasteiger partial charge in [0, 0.05) is 36.5 Å². The van der Waals surface area contributed by atoms with Gasteiger partial charge in [0.05, 0.1) is 24.9 Å². The summed E-state index contributed by atoms with van der Waals surface area (Å²) in [5.41, 5.74) is 0.889. The molecule has 2 N–H and O–H groups in total. The number of carbonyl (C=O) groups is 3. The number of fused-ring (bicyclic) bond motifs is 1. The zero-order valence-corrected chi connectivity index (χ0v) is 16.9. The van der Waals surface area contributed by atoms with Gasteiger partial charge >= 0.3 is 18.1 Å². The molecule has 1 aliphatic carbocycles. The van der Waals surface area contributed by atoms with Crippen LogP contribution in [0.5, 0.6) is 5.75 Å². The lowest BCUT2D eigenvalue weighted by molar-refractivity contribution is -0.192. The Kier molecular flexibility index (Phi) is 6.10. The molecule has 2 aromatic rings. The van der Waals surface area contributed by atoms with E-state index in [2.05, 4.69) is 10.1 Å². The largest absolute Gasteiger partial charge is 0.496 e. The molecule has 0 spiro atoms. The summed E-state index contributed by atoms with van der Waals surface area (Å²) in [5.74, 6) is -1.81. The van der Waals surface area contributed by atoms with Gasteiger partial charge in [-0.2, -0.15) is 18.3 Å². The van der Waals surface area contributed by atoms with Crippen molar-refractivity contribution in [1.29, 1.82) is 0 Å². The third-order valence-electron chi connectivity index (χ3n) is 5.24. The number of aliphatic carboxylic acids is 1. The number of halogens is 3. The van der Waals surface area contributed by atoms with E-state index in [0.29, 0.717) is 17.5 Å². The molecule has 32 heavy (non-hydrogen) atoms. The first-order valence-corrected chi connectivity index (χ1v) is 9.36. The van der Waals surface area contributed by atoms with E-state index in [1.165, 1.54) is 12.4 Å². The maximum Gasteiger partial charge on any atom is 0.490 e. The van der Waals surface area contributed by atoms with Crippen LogP contribution in [0.15, 0.2) is 24.7 Å². The van der Waals surface area contributed by atoms with E-state index < -0.39 is 18.1 Å². The Bertz CT molecular complexity index is 1050. The minimum atomic E-state index is -5.08. The maximum atomic E-state index is 12.2. The molecule has 0 aromatic carbocycles. The number of alkyl halides is 3. The summed E-state index contributed by atoms with van der Waals surface area (Å²) in [6.07, 6.45) is 0.352. The molecule has 172 valence electrons. The molecule has 1 amide bonds. The van der Waals surface area contributed by atoms with Crippen molar-refractivity contribution in [3.8, 4) is 5.75 Å². The Balaban J connectivity index is 0.000000360. The van der Waals surface area contributed by atoms with E-state index >= 15 is 0 Å². The van der Waals surface area contributed by atoms with Crippen LogP contribution in [0, 0.1) is 11.8 Å². The van der Waals surface area contributed by atoms with Gasteiger partial charge in [0.25, 0.3) is 0 Å². The number of amides is 1. The van der Waals surface area contributed by atoms with Gasteiger partial charge in [0.15, 0.2) is 0 Å². The van der Waals surface area contributed by atoms with Crippen LogP contribution in [0.25, 0.3) is 0 Å². The van der Waals surface area contributed by atoms with Gasteiger partial charge in [-0.1, -0.05) is 0 Å². The van der Waals surface area contributed by atoms with Crippen molar-refractivity contribution in [1.82, 2.24) is 14.8 Å². The van der Waals surface area contributed by atoms with E-state index in [1.807, 2.05) is 6.92 Å². The maximum absolute atomic E-state index is 12.2. The molecule has 3 heterocycles. The van der Waals surface area contributed by atoms with Crippen molar-refractivity contribution in [2.24, 2.45) is 11.8 Å². The number of pyridine rings is 1. The SMILES string of the molecule is COc1cc(N2C[C@H]3C[C@H]3C2=O)ncc1C(C)n1cc(C(=O)O)cn1.O=C(O)C(F)(F)F. The molecule has 1 unspecified atom stereocenters. The van der Waals surface area contributed by atoms with Crippen LogP contribution in [0.1, 0.15) is 35.3 Å². The Morgan fingerprint density at radius 2 is 1.94 bits per heavy atom. The molecule has 13 heteroatoms. The number of rotatable bonds is 5. The number of carboxylic acid groups (broad SMARTS) is 2. The van der Waals surface area contributed by atoms with Gasteiger partial charge in [0.2, 0.25) is 5.91 Å². The number of carbonyl (C=O) groups excluding carboxylic acids is 1. The van der Waals surface area contributed by atoms with Crippen molar-refractivity contribution >= 4 is 23.7 Å². The molecule has 0 radical (unpaired) electrons. The molecule has 0 bridgehead atoms. The van der Waals surface area contributed by atoms with E-state index in [4.69, 9.17) is 19.7 Å². The molecule has 3 atom stereocenters. The van der Waals surface area contributed by atoms with Crippen LogP contribution in [0.4, 0.5) is 19.0 Å². The highest BCUT2D eigenvalue weighted by Gasteiger charge is 2.52. The molecule has 2 fully saturated rings. The Morgan fingerprint density at radius 3 is 2.41 bits per heavy atom. The third-order valence-corrected chi connectivity index (χ3v) is 5.24. The van der Waals surface area contributed by atoms with Crippen LogP contribution in [0.2, 0.25) is 0 Å². The molecule has 10 nitrogen and oxygen atoms in total. The van der Waals surface area contributed by atoms with Crippen LogP contribution in [-0.2, 0) is 9.59 Å². The molecule has 1 saturated carbocycles. The Hall–Kier alpha value is -3.64. The van der Waals surface area contributed by atoms with Gasteiger partial charge in [0.1, 0.15) is 11.6 Å². The lowest BCUT2D eigenvalue weighted by Crippen LogP contribution is -2.28. The fourth-order valence-corrected chi connectivity index (χ4v) is 3.36. The molecule has 2 aliphatic rings. The van der Waals surface area contributed by atoms with Gasteiger partial charge < -0.3 is 14.9 Å². The average Bonchev–Trinajstić information content (AvgIpc) is 3.18. The van der Waals surface area contributed by atoms with Gasteiger partial charge in [-0.3, -0.25) is 14.4 Å². The number of anilines is 1. The summed E-state index contributed by atoms with van der Waals surface area (Å²) in [4.78, 5) is 38.3. The zero-order valence-electron chi connectivity index (χ0n) is 16.9. The quantitative estimate of drug-likeness (QED) is 0.699. The third kappa shape index (κ3) is 4.65. The van der Waals surface area contributed by atoms with Crippen LogP contribution in [0.3, 0.4) is 0 Å². The number of hydrogen-bond acceptors (Lipinski definition) is 6. The molecular weight excluding hydrogens is 437 g/mol. The lowest BCUT2D eigenvalue weighted by Gasteiger charge is -2.21. The van der Waals surface area contributed by atoms with E-state index in [9.17, 15) is 22.8 Å². The van der Waals surface area contributed by atoms with Crippen molar-refractivity contribution < 1.29 is 42.5 Å². The molecular formula is C19H19F3N4O6. The first-order chi connectivity index (χ1) is 14.9. The number of aromatic nitrogens is 3. The van der Waals surface area contributed by atoms with Crippen molar-refractivity contribution in [3.05, 3.63) is 35.8 Å². The predicted molar refractivity (Wildman–Crippen MR) is 101 cm³/mol. The molecule has 1 saturated heterocycles. The Labute approximate surface area is 179 Å². The summed E-state index contributed by atoms with van der Waals surface area (Å²) < 4.78 is 38.8. The van der Waals surface area contributed by atoms with Crippen molar-refractivity contribution in [3.63, 3.8) is 0 Å². The number of aromatic carboxylic acids is 1. The first kappa shape index (κ1) is 23.0. The fraction of sp³-hybridized carbons (Fsp3) is 0.421. The summed E-state index contributed by atoms with van der Waals surface area (Å²) >= 11 is 0. The summed E-state index contributed by atoms with van der Waals surface area (Å²) in [7, 11) is 1.56. The molecule has 1 aliphatic heterocycles. The monoisotopic (exact) mass is 456 g/mol. The highest BCUT2D eigenvalue weighted by molar-refractivity contribution is 5.99. The smallest absolute Gasteiger partial charge is 0.490 e. The summed E-state index contributed by atoms with van der Waals surface area (Å²) in [5, 5.41) is 20.3. The number of piperidine rings is 1.